The molecule has 0 saturated carbocycles. The van der Waals surface area contributed by atoms with Crippen molar-refractivity contribution in [2.75, 3.05) is 0 Å². The van der Waals surface area contributed by atoms with Gasteiger partial charge in [-0.3, -0.25) is 4.79 Å². The second kappa shape index (κ2) is 2.64. The first-order valence-electron chi connectivity index (χ1n) is 2.47. The van der Waals surface area contributed by atoms with E-state index in [9.17, 15) is 4.79 Å². The van der Waals surface area contributed by atoms with Crippen molar-refractivity contribution in [3.63, 3.8) is 0 Å². The Morgan fingerprint density at radius 1 is 1.90 bits per heavy atom. The normalized spacial score (nSPS) is 24.1. The molecule has 0 bridgehead atoms. The first-order chi connectivity index (χ1) is 4.61. The summed E-state index contributed by atoms with van der Waals surface area (Å²) >= 11 is 10.5. The zero-order valence-corrected chi connectivity index (χ0v) is 6.56. The van der Waals surface area contributed by atoms with Gasteiger partial charge in [0.2, 0.25) is 5.90 Å². The van der Waals surface area contributed by atoms with Crippen molar-refractivity contribution >= 4 is 34.5 Å². The summed E-state index contributed by atoms with van der Waals surface area (Å²) in [7, 11) is 0. The van der Waals surface area contributed by atoms with Gasteiger partial charge in [0, 0.05) is 18.7 Å². The van der Waals surface area contributed by atoms with Gasteiger partial charge >= 0.3 is 0 Å². The van der Waals surface area contributed by atoms with E-state index in [0.717, 1.165) is 4.53 Å². The van der Waals surface area contributed by atoms with Crippen LogP contribution in [0, 0.1) is 0 Å². The first kappa shape index (κ1) is 7.63. The molecule has 56 valence electrons. The number of hydrogen-bond donors (Lipinski definition) is 0. The zero-order chi connectivity index (χ0) is 7.72. The SMILES string of the molecule is CC1=NN(Cl)C(C(=O)Cl)O1. The number of ether oxygens (including phenoxy) is 1. The molecule has 1 unspecified atom stereocenters. The van der Waals surface area contributed by atoms with Crippen LogP contribution in [-0.4, -0.2) is 21.9 Å². The van der Waals surface area contributed by atoms with Crippen LogP contribution >= 0.6 is 23.4 Å². The lowest BCUT2D eigenvalue weighted by atomic mass is 10.6. The number of hydrogen-bond acceptors (Lipinski definition) is 4. The van der Waals surface area contributed by atoms with Crippen molar-refractivity contribution in [3.05, 3.63) is 0 Å². The third kappa shape index (κ3) is 1.33. The molecule has 1 aliphatic heterocycles. The van der Waals surface area contributed by atoms with Crippen molar-refractivity contribution in [3.8, 4) is 0 Å². The van der Waals surface area contributed by atoms with E-state index < -0.39 is 11.5 Å². The van der Waals surface area contributed by atoms with Crippen LogP contribution in [0.2, 0.25) is 0 Å². The highest BCUT2D eigenvalue weighted by Crippen LogP contribution is 2.16. The quantitative estimate of drug-likeness (QED) is 0.447. The molecule has 0 aromatic carbocycles. The first-order valence-corrected chi connectivity index (χ1v) is 3.19. The second-order valence-corrected chi connectivity index (χ2v) is 2.40. The molecule has 0 spiro atoms. The van der Waals surface area contributed by atoms with Crippen LogP contribution in [0.4, 0.5) is 0 Å². The van der Waals surface area contributed by atoms with E-state index in [-0.39, 0.29) is 0 Å². The van der Waals surface area contributed by atoms with Crippen LogP contribution < -0.4 is 0 Å². The molecule has 0 N–H and O–H groups in total. The van der Waals surface area contributed by atoms with Gasteiger partial charge in [0.1, 0.15) is 0 Å². The molecule has 1 atom stereocenters. The van der Waals surface area contributed by atoms with E-state index in [4.69, 9.17) is 28.1 Å². The van der Waals surface area contributed by atoms with Crippen molar-refractivity contribution < 1.29 is 9.53 Å². The van der Waals surface area contributed by atoms with Crippen molar-refractivity contribution in [2.24, 2.45) is 5.10 Å². The van der Waals surface area contributed by atoms with Gasteiger partial charge in [-0.1, -0.05) is 0 Å². The summed E-state index contributed by atoms with van der Waals surface area (Å²) in [4.78, 5) is 10.4. The van der Waals surface area contributed by atoms with E-state index in [1.807, 2.05) is 0 Å². The van der Waals surface area contributed by atoms with Crippen LogP contribution in [-0.2, 0) is 9.53 Å². The van der Waals surface area contributed by atoms with Crippen molar-refractivity contribution in [1.82, 2.24) is 4.53 Å². The molecule has 0 aromatic heterocycles. The average molecular weight is 183 g/mol. The zero-order valence-electron chi connectivity index (χ0n) is 5.04. The van der Waals surface area contributed by atoms with Crippen LogP contribution in [0.5, 0.6) is 0 Å². The largest absolute Gasteiger partial charge is 0.444 e. The lowest BCUT2D eigenvalue weighted by Crippen LogP contribution is -2.26. The predicted octanol–water partition coefficient (Wildman–Crippen LogP) is 0.897. The lowest BCUT2D eigenvalue weighted by Gasteiger charge is -2.08. The smallest absolute Gasteiger partial charge is 0.286 e. The number of rotatable bonds is 1. The lowest BCUT2D eigenvalue weighted by molar-refractivity contribution is -0.121. The molecule has 0 saturated heterocycles. The summed E-state index contributed by atoms with van der Waals surface area (Å²) in [6.45, 7) is 1.58. The molecular weight excluding hydrogens is 179 g/mol. The maximum absolute atomic E-state index is 10.4. The highest BCUT2D eigenvalue weighted by molar-refractivity contribution is 6.64. The van der Waals surface area contributed by atoms with E-state index >= 15 is 0 Å². The summed E-state index contributed by atoms with van der Waals surface area (Å²) in [5.74, 6) is 0.328. The fourth-order valence-electron chi connectivity index (χ4n) is 0.546. The van der Waals surface area contributed by atoms with E-state index in [0.29, 0.717) is 5.90 Å². The minimum absolute atomic E-state index is 0.328. The summed E-state index contributed by atoms with van der Waals surface area (Å²) < 4.78 is 5.65. The Labute approximate surface area is 67.4 Å². The Hall–Kier alpha value is -0.480. The molecule has 0 aliphatic carbocycles. The second-order valence-electron chi connectivity index (χ2n) is 1.68. The van der Waals surface area contributed by atoms with Crippen molar-refractivity contribution in [2.45, 2.75) is 13.2 Å². The summed E-state index contributed by atoms with van der Waals surface area (Å²) in [5, 5.41) is 2.89. The van der Waals surface area contributed by atoms with Gasteiger partial charge < -0.3 is 4.74 Å². The standard InChI is InChI=1S/C4H4Cl2N2O2/c1-2-7-8(6)4(10-2)3(5)9/h4H,1H3. The highest BCUT2D eigenvalue weighted by atomic mass is 35.5. The molecule has 1 heterocycles. The molecule has 0 aromatic rings. The van der Waals surface area contributed by atoms with Gasteiger partial charge in [-0.25, -0.2) is 0 Å². The van der Waals surface area contributed by atoms with Gasteiger partial charge in [0.05, 0.1) is 0 Å². The molecule has 1 aliphatic rings. The van der Waals surface area contributed by atoms with Gasteiger partial charge in [0.15, 0.2) is 0 Å². The van der Waals surface area contributed by atoms with Crippen LogP contribution in [0.15, 0.2) is 5.10 Å². The average Bonchev–Trinajstić information content (AvgIpc) is 2.10. The number of hydrazone groups is 1. The molecule has 6 heteroatoms. The Morgan fingerprint density at radius 2 is 2.50 bits per heavy atom. The van der Waals surface area contributed by atoms with E-state index in [1.54, 1.807) is 6.92 Å². The Morgan fingerprint density at radius 3 is 2.70 bits per heavy atom. The summed E-state index contributed by atoms with van der Waals surface area (Å²) in [5.41, 5.74) is 0. The molecule has 0 fully saturated rings. The third-order valence-corrected chi connectivity index (χ3v) is 1.35. The van der Waals surface area contributed by atoms with Gasteiger partial charge in [0.25, 0.3) is 11.5 Å². The Bertz CT molecular complexity index is 194. The number of carbonyl (C=O) groups excluding carboxylic acids is 1. The molecule has 4 nitrogen and oxygen atoms in total. The molecule has 0 amide bonds. The van der Waals surface area contributed by atoms with Crippen LogP contribution in [0.25, 0.3) is 0 Å². The maximum atomic E-state index is 10.4. The number of nitrogens with zero attached hydrogens (tertiary/aromatic N) is 2. The van der Waals surface area contributed by atoms with Gasteiger partial charge in [-0.05, 0) is 11.6 Å². The molecular formula is C4H4Cl2N2O2. The van der Waals surface area contributed by atoms with Crippen LogP contribution in [0.3, 0.4) is 0 Å². The summed E-state index contributed by atoms with van der Waals surface area (Å²) in [6, 6.07) is 0. The van der Waals surface area contributed by atoms with E-state index in [1.165, 1.54) is 0 Å². The summed E-state index contributed by atoms with van der Waals surface area (Å²) in [6.07, 6.45) is -0.969. The van der Waals surface area contributed by atoms with Gasteiger partial charge in [-0.15, -0.1) is 5.10 Å². The molecule has 10 heavy (non-hydrogen) atoms. The Kier molecular flexibility index (Phi) is 2.01. The fraction of sp³-hybridized carbons (Fsp3) is 0.500. The maximum Gasteiger partial charge on any atom is 0.286 e. The monoisotopic (exact) mass is 182 g/mol. The predicted molar refractivity (Wildman–Crippen MR) is 36.5 cm³/mol. The minimum Gasteiger partial charge on any atom is -0.444 e. The topological polar surface area (TPSA) is 41.9 Å². The Balaban J connectivity index is 2.63. The fourth-order valence-corrected chi connectivity index (χ4v) is 0.968. The highest BCUT2D eigenvalue weighted by Gasteiger charge is 2.30. The minimum atomic E-state index is -0.969. The number of carbonyl (C=O) groups is 1. The van der Waals surface area contributed by atoms with Crippen molar-refractivity contribution in [1.29, 1.82) is 0 Å². The van der Waals surface area contributed by atoms with Gasteiger partial charge in [-0.2, -0.15) is 4.53 Å². The number of halogens is 2. The third-order valence-electron chi connectivity index (χ3n) is 0.906. The van der Waals surface area contributed by atoms with Crippen LogP contribution in [0.1, 0.15) is 6.92 Å². The molecule has 0 radical (unpaired) electrons. The molecule has 1 rings (SSSR count). The van der Waals surface area contributed by atoms with E-state index in [2.05, 4.69) is 5.10 Å².